The molecule has 1 N–H and O–H groups in total. The fourth-order valence-electron chi connectivity index (χ4n) is 2.46. The van der Waals surface area contributed by atoms with E-state index >= 15 is 0 Å². The molecule has 1 aromatic carbocycles. The summed E-state index contributed by atoms with van der Waals surface area (Å²) in [6, 6.07) is 8.75. The van der Waals surface area contributed by atoms with Crippen LogP contribution >= 0.6 is 0 Å². The fraction of sp³-hybridized carbons (Fsp3) is 0.368. The Balaban J connectivity index is 2.20. The number of rotatable bonds is 4. The minimum absolute atomic E-state index is 0.153. The Morgan fingerprint density at radius 2 is 1.95 bits per heavy atom. The Hall–Kier alpha value is -1.76. The zero-order valence-electron chi connectivity index (χ0n) is 13.0. The number of benzene rings is 1. The number of hydrogen-bond acceptors (Lipinski definition) is 1. The summed E-state index contributed by atoms with van der Waals surface area (Å²) in [4.78, 5) is 0. The maximum atomic E-state index is 3.62. The van der Waals surface area contributed by atoms with Crippen molar-refractivity contribution in [3.8, 4) is 0 Å². The molecule has 2 unspecified atom stereocenters. The highest BCUT2D eigenvalue weighted by atomic mass is 14.9. The van der Waals surface area contributed by atoms with Crippen LogP contribution < -0.4 is 5.32 Å². The van der Waals surface area contributed by atoms with Gasteiger partial charge in [-0.3, -0.25) is 0 Å². The van der Waals surface area contributed by atoms with Crippen molar-refractivity contribution in [3.05, 3.63) is 65.8 Å². The van der Waals surface area contributed by atoms with E-state index in [2.05, 4.69) is 87.7 Å². The summed E-state index contributed by atoms with van der Waals surface area (Å²) in [7, 11) is 0. The van der Waals surface area contributed by atoms with Gasteiger partial charge in [0, 0.05) is 17.1 Å². The number of hydrogen-bond donors (Lipinski definition) is 1. The van der Waals surface area contributed by atoms with Crippen molar-refractivity contribution in [2.75, 3.05) is 5.32 Å². The molecule has 1 aromatic rings. The molecule has 0 aliphatic heterocycles. The first kappa shape index (κ1) is 14.6. The van der Waals surface area contributed by atoms with Crippen LogP contribution in [0.5, 0.6) is 0 Å². The van der Waals surface area contributed by atoms with Gasteiger partial charge in [0.05, 0.1) is 0 Å². The Labute approximate surface area is 123 Å². The van der Waals surface area contributed by atoms with Gasteiger partial charge >= 0.3 is 0 Å². The minimum atomic E-state index is 0.153. The van der Waals surface area contributed by atoms with E-state index in [0.717, 1.165) is 6.42 Å². The number of para-hydroxylation sites is 1. The zero-order chi connectivity index (χ0) is 14.6. The van der Waals surface area contributed by atoms with Crippen LogP contribution in [0.2, 0.25) is 0 Å². The third kappa shape index (κ3) is 3.41. The van der Waals surface area contributed by atoms with E-state index in [1.165, 1.54) is 16.8 Å². The first-order valence-corrected chi connectivity index (χ1v) is 7.45. The molecular weight excluding hydrogens is 242 g/mol. The van der Waals surface area contributed by atoms with Gasteiger partial charge in [0.25, 0.3) is 0 Å². The number of nitrogens with one attached hydrogen (secondary N) is 1. The lowest BCUT2D eigenvalue weighted by Crippen LogP contribution is -2.20. The van der Waals surface area contributed by atoms with Crippen LogP contribution in [-0.4, -0.2) is 6.04 Å². The van der Waals surface area contributed by atoms with Crippen LogP contribution in [0.25, 0.3) is 0 Å². The third-order valence-corrected chi connectivity index (χ3v) is 4.15. The second-order valence-electron chi connectivity index (χ2n) is 5.90. The van der Waals surface area contributed by atoms with Crippen LogP contribution in [0.15, 0.2) is 60.2 Å². The minimum Gasteiger partial charge on any atom is -0.378 e. The molecule has 2 rings (SSSR count). The molecule has 1 aliphatic rings. The highest BCUT2D eigenvalue weighted by Crippen LogP contribution is 2.30. The molecule has 0 heterocycles. The van der Waals surface area contributed by atoms with Gasteiger partial charge in [-0.1, -0.05) is 62.4 Å². The van der Waals surface area contributed by atoms with E-state index in [0.29, 0.717) is 6.04 Å². The molecular formula is C19H25N. The van der Waals surface area contributed by atoms with Crippen molar-refractivity contribution in [1.82, 2.24) is 0 Å². The van der Waals surface area contributed by atoms with Crippen LogP contribution in [-0.2, 0) is 0 Å². The van der Waals surface area contributed by atoms with Gasteiger partial charge in [0.15, 0.2) is 0 Å². The van der Waals surface area contributed by atoms with E-state index < -0.39 is 0 Å². The molecule has 0 radical (unpaired) electrons. The van der Waals surface area contributed by atoms with Crippen LogP contribution in [0.4, 0.5) is 5.69 Å². The Kier molecular flexibility index (Phi) is 4.49. The van der Waals surface area contributed by atoms with Gasteiger partial charge in [0.1, 0.15) is 0 Å². The molecule has 0 fully saturated rings. The van der Waals surface area contributed by atoms with Crippen LogP contribution in [0.3, 0.4) is 0 Å². The summed E-state index contributed by atoms with van der Waals surface area (Å²) in [6.07, 6.45) is 12.3. The maximum absolute atomic E-state index is 3.62. The van der Waals surface area contributed by atoms with E-state index in [-0.39, 0.29) is 5.41 Å². The largest absolute Gasteiger partial charge is 0.378 e. The molecule has 0 spiro atoms. The van der Waals surface area contributed by atoms with Gasteiger partial charge in [-0.2, -0.15) is 0 Å². The molecule has 1 heteroatoms. The summed E-state index contributed by atoms with van der Waals surface area (Å²) in [5.74, 6) is 0. The molecule has 106 valence electrons. The van der Waals surface area contributed by atoms with Crippen molar-refractivity contribution in [3.63, 3.8) is 0 Å². The summed E-state index contributed by atoms with van der Waals surface area (Å²) in [6.45, 7) is 8.90. The van der Waals surface area contributed by atoms with E-state index in [4.69, 9.17) is 0 Å². The molecule has 0 saturated heterocycles. The average Bonchev–Trinajstić information content (AvgIpc) is 2.64. The quantitative estimate of drug-likeness (QED) is 0.784. The molecule has 2 atom stereocenters. The fourth-order valence-corrected chi connectivity index (χ4v) is 2.46. The van der Waals surface area contributed by atoms with Gasteiger partial charge in [0.2, 0.25) is 0 Å². The predicted octanol–water partition coefficient (Wildman–Crippen LogP) is 5.26. The van der Waals surface area contributed by atoms with Crippen molar-refractivity contribution in [2.24, 2.45) is 5.41 Å². The van der Waals surface area contributed by atoms with Gasteiger partial charge in [-0.05, 0) is 37.5 Å². The van der Waals surface area contributed by atoms with Gasteiger partial charge < -0.3 is 5.32 Å². The summed E-state index contributed by atoms with van der Waals surface area (Å²) < 4.78 is 0. The van der Waals surface area contributed by atoms with Crippen LogP contribution in [0.1, 0.15) is 32.8 Å². The predicted molar refractivity (Wildman–Crippen MR) is 89.0 cm³/mol. The lowest BCUT2D eigenvalue weighted by Gasteiger charge is -2.24. The Bertz CT molecular complexity index is 551. The number of allylic oxidation sites excluding steroid dienone is 4. The van der Waals surface area contributed by atoms with Crippen molar-refractivity contribution in [1.29, 1.82) is 0 Å². The van der Waals surface area contributed by atoms with E-state index in [1.807, 2.05) is 0 Å². The molecule has 20 heavy (non-hydrogen) atoms. The molecule has 0 saturated carbocycles. The van der Waals surface area contributed by atoms with Crippen molar-refractivity contribution >= 4 is 5.69 Å². The topological polar surface area (TPSA) is 12.0 Å². The Morgan fingerprint density at radius 3 is 2.65 bits per heavy atom. The van der Waals surface area contributed by atoms with Gasteiger partial charge in [-0.25, -0.2) is 0 Å². The second kappa shape index (κ2) is 6.13. The molecule has 0 bridgehead atoms. The average molecular weight is 267 g/mol. The lowest BCUT2D eigenvalue weighted by molar-refractivity contribution is 0.526. The highest BCUT2D eigenvalue weighted by molar-refractivity contribution is 5.53. The second-order valence-corrected chi connectivity index (χ2v) is 5.90. The highest BCUT2D eigenvalue weighted by Gasteiger charge is 2.19. The van der Waals surface area contributed by atoms with E-state index in [1.54, 1.807) is 0 Å². The molecule has 1 nitrogen and oxygen atoms in total. The first-order chi connectivity index (χ1) is 9.54. The Morgan fingerprint density at radius 1 is 1.20 bits per heavy atom. The summed E-state index contributed by atoms with van der Waals surface area (Å²) in [5.41, 5.74) is 4.00. The normalized spacial score (nSPS) is 23.1. The summed E-state index contributed by atoms with van der Waals surface area (Å²) in [5, 5.41) is 3.62. The zero-order valence-corrected chi connectivity index (χ0v) is 13.0. The van der Waals surface area contributed by atoms with E-state index in [9.17, 15) is 0 Å². The van der Waals surface area contributed by atoms with Gasteiger partial charge in [-0.15, -0.1) is 0 Å². The number of aryl methyl sites for hydroxylation is 1. The first-order valence-electron chi connectivity index (χ1n) is 7.45. The summed E-state index contributed by atoms with van der Waals surface area (Å²) >= 11 is 0. The smallest absolute Gasteiger partial charge is 0.0482 e. The number of anilines is 1. The SMILES string of the molecule is CCC1(C)C=CC=CC(C(C)Nc2ccccc2C)=C1. The third-order valence-electron chi connectivity index (χ3n) is 4.15. The lowest BCUT2D eigenvalue weighted by atomic mass is 9.85. The standard InChI is InChI=1S/C19H25N/c1-5-19(4)13-9-8-11-17(14-19)16(3)20-18-12-7-6-10-15(18)2/h6-14,16,20H,5H2,1-4H3. The van der Waals surface area contributed by atoms with Crippen molar-refractivity contribution < 1.29 is 0 Å². The monoisotopic (exact) mass is 267 g/mol. The molecule has 0 aromatic heterocycles. The molecule has 1 aliphatic carbocycles. The maximum Gasteiger partial charge on any atom is 0.0482 e. The van der Waals surface area contributed by atoms with Crippen molar-refractivity contribution in [2.45, 2.75) is 40.2 Å². The molecule has 0 amide bonds. The van der Waals surface area contributed by atoms with Crippen LogP contribution in [0, 0.1) is 12.3 Å².